The SMILES string of the molecule is COC(=O)c1c(C)nc2ccccc2c1C#Cc1ccc(OC)cc1. The van der Waals surface area contributed by atoms with Gasteiger partial charge in [-0.25, -0.2) is 4.79 Å². The van der Waals surface area contributed by atoms with E-state index in [-0.39, 0.29) is 0 Å². The number of hydrogen-bond acceptors (Lipinski definition) is 4. The normalized spacial score (nSPS) is 10.0. The lowest BCUT2D eigenvalue weighted by Crippen LogP contribution is -2.09. The minimum Gasteiger partial charge on any atom is -0.497 e. The van der Waals surface area contributed by atoms with Gasteiger partial charge in [0.1, 0.15) is 5.75 Å². The fraction of sp³-hybridized carbons (Fsp3) is 0.143. The molecular weight excluding hydrogens is 314 g/mol. The topological polar surface area (TPSA) is 48.4 Å². The first-order valence-electron chi connectivity index (χ1n) is 7.77. The van der Waals surface area contributed by atoms with Crippen molar-refractivity contribution < 1.29 is 14.3 Å². The first-order valence-corrected chi connectivity index (χ1v) is 7.77. The Kier molecular flexibility index (Phi) is 4.67. The highest BCUT2D eigenvalue weighted by Gasteiger charge is 2.18. The highest BCUT2D eigenvalue weighted by molar-refractivity contribution is 6.00. The van der Waals surface area contributed by atoms with E-state index in [4.69, 9.17) is 9.47 Å². The van der Waals surface area contributed by atoms with Gasteiger partial charge < -0.3 is 9.47 Å². The fourth-order valence-corrected chi connectivity index (χ4v) is 2.63. The lowest BCUT2D eigenvalue weighted by atomic mass is 10.0. The summed E-state index contributed by atoms with van der Waals surface area (Å²) in [6, 6.07) is 15.1. The third kappa shape index (κ3) is 3.31. The van der Waals surface area contributed by atoms with Crippen molar-refractivity contribution in [1.82, 2.24) is 4.98 Å². The van der Waals surface area contributed by atoms with Crippen molar-refractivity contribution in [3.8, 4) is 17.6 Å². The van der Waals surface area contributed by atoms with Crippen molar-refractivity contribution >= 4 is 16.9 Å². The summed E-state index contributed by atoms with van der Waals surface area (Å²) < 4.78 is 10.1. The molecule has 1 aromatic heterocycles. The number of pyridine rings is 1. The molecule has 2 aromatic carbocycles. The summed E-state index contributed by atoms with van der Waals surface area (Å²) >= 11 is 0. The molecule has 25 heavy (non-hydrogen) atoms. The Bertz CT molecular complexity index is 995. The highest BCUT2D eigenvalue weighted by Crippen LogP contribution is 2.23. The zero-order chi connectivity index (χ0) is 17.8. The van der Waals surface area contributed by atoms with Gasteiger partial charge in [-0.2, -0.15) is 0 Å². The lowest BCUT2D eigenvalue weighted by Gasteiger charge is -2.09. The van der Waals surface area contributed by atoms with Crippen molar-refractivity contribution in [1.29, 1.82) is 0 Å². The second kappa shape index (κ2) is 7.06. The van der Waals surface area contributed by atoms with Crippen molar-refractivity contribution in [2.45, 2.75) is 6.92 Å². The van der Waals surface area contributed by atoms with E-state index in [2.05, 4.69) is 16.8 Å². The van der Waals surface area contributed by atoms with E-state index in [1.54, 1.807) is 14.0 Å². The summed E-state index contributed by atoms with van der Waals surface area (Å²) in [6.45, 7) is 1.79. The van der Waals surface area contributed by atoms with E-state index in [0.717, 1.165) is 22.2 Å². The molecule has 3 rings (SSSR count). The Labute approximate surface area is 146 Å². The number of rotatable bonds is 2. The largest absolute Gasteiger partial charge is 0.497 e. The molecule has 0 fully saturated rings. The van der Waals surface area contributed by atoms with Gasteiger partial charge in [0.15, 0.2) is 0 Å². The molecule has 0 atom stereocenters. The van der Waals surface area contributed by atoms with Crippen LogP contribution in [0.2, 0.25) is 0 Å². The van der Waals surface area contributed by atoms with Crippen molar-refractivity contribution in [3.63, 3.8) is 0 Å². The Morgan fingerprint density at radius 1 is 1.00 bits per heavy atom. The molecule has 0 aliphatic carbocycles. The molecule has 4 nitrogen and oxygen atoms in total. The number of aromatic nitrogens is 1. The van der Waals surface area contributed by atoms with E-state index in [1.807, 2.05) is 48.5 Å². The molecular formula is C21H17NO3. The number of carbonyl (C=O) groups excluding carboxylic acids is 1. The maximum Gasteiger partial charge on any atom is 0.341 e. The van der Waals surface area contributed by atoms with Gasteiger partial charge >= 0.3 is 5.97 Å². The molecule has 0 amide bonds. The van der Waals surface area contributed by atoms with Crippen molar-refractivity contribution in [2.24, 2.45) is 0 Å². The van der Waals surface area contributed by atoms with Crippen LogP contribution < -0.4 is 4.74 Å². The Morgan fingerprint density at radius 2 is 1.72 bits per heavy atom. The van der Waals surface area contributed by atoms with Crippen LogP contribution in [-0.4, -0.2) is 25.2 Å². The molecule has 0 bridgehead atoms. The number of carbonyl (C=O) groups is 1. The predicted molar refractivity (Wildman–Crippen MR) is 96.8 cm³/mol. The van der Waals surface area contributed by atoms with Crippen LogP contribution in [0.25, 0.3) is 10.9 Å². The van der Waals surface area contributed by atoms with Crippen LogP contribution >= 0.6 is 0 Å². The second-order valence-corrected chi connectivity index (χ2v) is 5.43. The van der Waals surface area contributed by atoms with Crippen molar-refractivity contribution in [3.05, 3.63) is 70.9 Å². The maximum atomic E-state index is 12.2. The van der Waals surface area contributed by atoms with Gasteiger partial charge in [0.25, 0.3) is 0 Å². The van der Waals surface area contributed by atoms with Crippen LogP contribution in [0.5, 0.6) is 5.75 Å². The third-order valence-corrected chi connectivity index (χ3v) is 3.88. The Morgan fingerprint density at radius 3 is 2.40 bits per heavy atom. The number of ether oxygens (including phenoxy) is 2. The van der Waals surface area contributed by atoms with Gasteiger partial charge in [0, 0.05) is 10.9 Å². The second-order valence-electron chi connectivity index (χ2n) is 5.43. The van der Waals surface area contributed by atoms with Gasteiger partial charge in [-0.15, -0.1) is 0 Å². The molecule has 0 unspecified atom stereocenters. The maximum absolute atomic E-state index is 12.2. The van der Waals surface area contributed by atoms with Gasteiger partial charge in [-0.3, -0.25) is 4.98 Å². The number of fused-ring (bicyclic) bond motifs is 1. The summed E-state index contributed by atoms with van der Waals surface area (Å²) in [4.78, 5) is 16.7. The number of aryl methyl sites for hydroxylation is 1. The van der Waals surface area contributed by atoms with E-state index in [1.165, 1.54) is 7.11 Å². The van der Waals surface area contributed by atoms with Gasteiger partial charge in [-0.1, -0.05) is 30.0 Å². The summed E-state index contributed by atoms with van der Waals surface area (Å²) in [5.41, 5.74) is 3.26. The molecule has 0 radical (unpaired) electrons. The molecule has 1 heterocycles. The quantitative estimate of drug-likeness (QED) is 0.530. The van der Waals surface area contributed by atoms with Gasteiger partial charge in [0.2, 0.25) is 0 Å². The number of para-hydroxylation sites is 1. The first kappa shape index (κ1) is 16.5. The Hall–Kier alpha value is -3.32. The molecule has 0 saturated heterocycles. The lowest BCUT2D eigenvalue weighted by molar-refractivity contribution is 0.0599. The number of methoxy groups -OCH3 is 2. The zero-order valence-electron chi connectivity index (χ0n) is 14.3. The number of hydrogen-bond donors (Lipinski definition) is 0. The van der Waals surface area contributed by atoms with Crippen LogP contribution in [0.15, 0.2) is 48.5 Å². The molecule has 124 valence electrons. The van der Waals surface area contributed by atoms with Crippen LogP contribution in [0, 0.1) is 18.8 Å². The standard InChI is InChI=1S/C21H17NO3/c1-14-20(21(23)25-3)18(17-6-4-5-7-19(17)22-14)13-10-15-8-11-16(24-2)12-9-15/h4-9,11-12H,1-3H3. The van der Waals surface area contributed by atoms with E-state index < -0.39 is 5.97 Å². The number of benzene rings is 2. The zero-order valence-corrected chi connectivity index (χ0v) is 14.3. The van der Waals surface area contributed by atoms with Crippen LogP contribution in [0.4, 0.5) is 0 Å². The first-order chi connectivity index (χ1) is 12.1. The van der Waals surface area contributed by atoms with Crippen molar-refractivity contribution in [2.75, 3.05) is 14.2 Å². The van der Waals surface area contributed by atoms with E-state index >= 15 is 0 Å². The third-order valence-electron chi connectivity index (χ3n) is 3.88. The molecule has 4 heteroatoms. The molecule has 0 aliphatic rings. The molecule has 0 aliphatic heterocycles. The monoisotopic (exact) mass is 331 g/mol. The average Bonchev–Trinajstić information content (AvgIpc) is 2.65. The number of esters is 1. The predicted octanol–water partition coefficient (Wildman–Crippen LogP) is 3.74. The molecule has 0 saturated carbocycles. The van der Waals surface area contributed by atoms with E-state index in [0.29, 0.717) is 16.8 Å². The molecule has 0 spiro atoms. The average molecular weight is 331 g/mol. The summed E-state index contributed by atoms with van der Waals surface area (Å²) in [5, 5.41) is 0.828. The van der Waals surface area contributed by atoms with Gasteiger partial charge in [-0.05, 0) is 37.3 Å². The fourth-order valence-electron chi connectivity index (χ4n) is 2.63. The minimum absolute atomic E-state index is 0.405. The molecule has 0 N–H and O–H groups in total. The Balaban J connectivity index is 2.19. The minimum atomic E-state index is -0.435. The van der Waals surface area contributed by atoms with Crippen LogP contribution in [0.1, 0.15) is 27.2 Å². The summed E-state index contributed by atoms with van der Waals surface area (Å²) in [6.07, 6.45) is 0. The summed E-state index contributed by atoms with van der Waals surface area (Å²) in [5.74, 6) is 6.58. The summed E-state index contributed by atoms with van der Waals surface area (Å²) in [7, 11) is 2.98. The van der Waals surface area contributed by atoms with E-state index in [9.17, 15) is 4.79 Å². The highest BCUT2D eigenvalue weighted by atomic mass is 16.5. The molecule has 3 aromatic rings. The van der Waals surface area contributed by atoms with Crippen LogP contribution in [-0.2, 0) is 4.74 Å². The van der Waals surface area contributed by atoms with Gasteiger partial charge in [0.05, 0.1) is 36.6 Å². The smallest absolute Gasteiger partial charge is 0.341 e. The van der Waals surface area contributed by atoms with Crippen LogP contribution in [0.3, 0.4) is 0 Å². The number of nitrogens with zero attached hydrogens (tertiary/aromatic N) is 1.